The Morgan fingerprint density at radius 1 is 1.30 bits per heavy atom. The van der Waals surface area contributed by atoms with Crippen LogP contribution in [0, 0.1) is 6.92 Å². The number of carbonyl (C=O) groups is 1. The normalized spacial score (nSPS) is 11.0. The summed E-state index contributed by atoms with van der Waals surface area (Å²) in [7, 11) is 4.00. The predicted octanol–water partition coefficient (Wildman–Crippen LogP) is 1.89. The average molecular weight is 320 g/mol. The highest BCUT2D eigenvalue weighted by Crippen LogP contribution is 2.28. The van der Waals surface area contributed by atoms with Gasteiger partial charge in [-0.1, -0.05) is 0 Å². The van der Waals surface area contributed by atoms with Crippen LogP contribution in [0.25, 0.3) is 11.0 Å². The van der Waals surface area contributed by atoms with Gasteiger partial charge in [0.25, 0.3) is 0 Å². The quantitative estimate of drug-likeness (QED) is 0.645. The zero-order valence-electron chi connectivity index (χ0n) is 13.4. The minimum absolute atomic E-state index is 0.232. The van der Waals surface area contributed by atoms with E-state index in [0.29, 0.717) is 23.3 Å². The summed E-state index contributed by atoms with van der Waals surface area (Å²) in [5, 5.41) is 0.624. The molecule has 0 saturated heterocycles. The highest BCUT2D eigenvalue weighted by molar-refractivity contribution is 5.83. The number of nitrogens with two attached hydrogens (primary N) is 1. The first-order chi connectivity index (χ1) is 10.9. The van der Waals surface area contributed by atoms with Crippen LogP contribution in [-0.2, 0) is 0 Å². The molecule has 0 radical (unpaired) electrons. The smallest absolute Gasteiger partial charge is 0.410 e. The molecular weight excluding hydrogens is 300 g/mol. The molecule has 1 aromatic heterocycles. The zero-order valence-corrected chi connectivity index (χ0v) is 13.4. The number of amides is 1. The van der Waals surface area contributed by atoms with E-state index in [1.54, 1.807) is 19.1 Å². The summed E-state index contributed by atoms with van der Waals surface area (Å²) < 4.78 is 15.6. The highest BCUT2D eigenvalue weighted by atomic mass is 16.6. The number of nitrogens with zero attached hydrogens (tertiary/aromatic N) is 1. The zero-order chi connectivity index (χ0) is 17.0. The van der Waals surface area contributed by atoms with Crippen molar-refractivity contribution in [3.8, 4) is 11.5 Å². The summed E-state index contributed by atoms with van der Waals surface area (Å²) in [5.74, 6) is 0.423. The first-order valence-electron chi connectivity index (χ1n) is 7.20. The van der Waals surface area contributed by atoms with Crippen molar-refractivity contribution in [2.75, 3.05) is 27.2 Å². The Bertz CT molecular complexity index is 767. The summed E-state index contributed by atoms with van der Waals surface area (Å²) >= 11 is 0. The highest BCUT2D eigenvalue weighted by Gasteiger charge is 2.13. The number of hydrogen-bond acceptors (Lipinski definition) is 6. The second-order valence-electron chi connectivity index (χ2n) is 5.43. The van der Waals surface area contributed by atoms with Crippen molar-refractivity contribution >= 4 is 17.1 Å². The third-order valence-electron chi connectivity index (χ3n) is 3.29. The van der Waals surface area contributed by atoms with E-state index in [0.717, 1.165) is 18.5 Å². The Balaban J connectivity index is 2.25. The van der Waals surface area contributed by atoms with Crippen LogP contribution in [-0.4, -0.2) is 38.2 Å². The first kappa shape index (κ1) is 16.8. The van der Waals surface area contributed by atoms with Crippen LogP contribution in [0.2, 0.25) is 0 Å². The lowest BCUT2D eigenvalue weighted by molar-refractivity contribution is 0.209. The molecule has 0 spiro atoms. The van der Waals surface area contributed by atoms with Crippen molar-refractivity contribution < 1.29 is 18.7 Å². The van der Waals surface area contributed by atoms with Crippen LogP contribution in [0.4, 0.5) is 4.79 Å². The van der Waals surface area contributed by atoms with E-state index in [9.17, 15) is 9.59 Å². The number of fused-ring (bicyclic) bond motifs is 1. The molecule has 0 aliphatic rings. The molecule has 0 atom stereocenters. The number of hydrogen-bond donors (Lipinski definition) is 1. The van der Waals surface area contributed by atoms with Gasteiger partial charge in [-0.15, -0.1) is 0 Å². The summed E-state index contributed by atoms with van der Waals surface area (Å²) in [6.07, 6.45) is -0.172. The van der Waals surface area contributed by atoms with E-state index in [1.807, 2.05) is 14.1 Å². The van der Waals surface area contributed by atoms with Gasteiger partial charge in [0.1, 0.15) is 11.3 Å². The lowest BCUT2D eigenvalue weighted by atomic mass is 10.1. The monoisotopic (exact) mass is 320 g/mol. The standard InChI is InChI=1S/C16H20N2O5/c1-10-12(21-8-4-7-18(2)3)6-5-11-9-13(22-16(17)20)15(19)23-14(10)11/h5-6,9H,4,7-8H2,1-3H3,(H2,17,20). The van der Waals surface area contributed by atoms with Gasteiger partial charge in [0.05, 0.1) is 6.61 Å². The van der Waals surface area contributed by atoms with Crippen LogP contribution < -0.4 is 20.8 Å². The molecule has 0 bridgehead atoms. The number of aryl methyl sites for hydroxylation is 1. The van der Waals surface area contributed by atoms with Crippen molar-refractivity contribution in [1.29, 1.82) is 0 Å². The summed E-state index contributed by atoms with van der Waals surface area (Å²) in [6.45, 7) is 3.30. The van der Waals surface area contributed by atoms with Gasteiger partial charge < -0.3 is 24.5 Å². The molecule has 2 N–H and O–H groups in total. The molecule has 7 heteroatoms. The van der Waals surface area contributed by atoms with Gasteiger partial charge in [-0.25, -0.2) is 9.59 Å². The molecule has 0 unspecified atom stereocenters. The topological polar surface area (TPSA) is 95.0 Å². The van der Waals surface area contributed by atoms with E-state index < -0.39 is 11.7 Å². The maximum absolute atomic E-state index is 11.8. The van der Waals surface area contributed by atoms with Gasteiger partial charge in [0.2, 0.25) is 5.75 Å². The molecule has 2 rings (SSSR count). The number of benzene rings is 1. The van der Waals surface area contributed by atoms with Crippen LogP contribution in [0.5, 0.6) is 11.5 Å². The Hall–Kier alpha value is -2.54. The van der Waals surface area contributed by atoms with Crippen LogP contribution in [0.15, 0.2) is 27.4 Å². The summed E-state index contributed by atoms with van der Waals surface area (Å²) in [6, 6.07) is 4.95. The molecule has 1 heterocycles. The van der Waals surface area contributed by atoms with Crippen molar-refractivity contribution in [2.24, 2.45) is 5.73 Å². The fourth-order valence-electron chi connectivity index (χ4n) is 2.19. The van der Waals surface area contributed by atoms with Crippen LogP contribution in [0.3, 0.4) is 0 Å². The largest absolute Gasteiger partial charge is 0.493 e. The molecule has 0 saturated carbocycles. The second kappa shape index (κ2) is 7.15. The van der Waals surface area contributed by atoms with E-state index in [2.05, 4.69) is 9.64 Å². The molecular formula is C16H20N2O5. The molecule has 124 valence electrons. The number of carbonyl (C=O) groups excluding carboxylic acids is 1. The fourth-order valence-corrected chi connectivity index (χ4v) is 2.19. The van der Waals surface area contributed by atoms with Gasteiger partial charge in [-0.3, -0.25) is 0 Å². The van der Waals surface area contributed by atoms with E-state index in [-0.39, 0.29) is 5.75 Å². The lowest BCUT2D eigenvalue weighted by Crippen LogP contribution is -2.20. The Morgan fingerprint density at radius 3 is 2.70 bits per heavy atom. The van der Waals surface area contributed by atoms with Crippen LogP contribution >= 0.6 is 0 Å². The summed E-state index contributed by atoms with van der Waals surface area (Å²) in [4.78, 5) is 24.7. The third kappa shape index (κ3) is 4.23. The van der Waals surface area contributed by atoms with Crippen molar-refractivity contribution in [3.05, 3.63) is 34.2 Å². The average Bonchev–Trinajstić information content (AvgIpc) is 2.46. The van der Waals surface area contributed by atoms with Gasteiger partial charge in [0, 0.05) is 17.5 Å². The van der Waals surface area contributed by atoms with Gasteiger partial charge in [-0.05, 0) is 45.6 Å². The third-order valence-corrected chi connectivity index (χ3v) is 3.29. The Morgan fingerprint density at radius 2 is 2.04 bits per heavy atom. The SMILES string of the molecule is Cc1c(OCCCN(C)C)ccc2cc(OC(N)=O)c(=O)oc12. The maximum atomic E-state index is 11.8. The lowest BCUT2D eigenvalue weighted by Gasteiger charge is -2.13. The van der Waals surface area contributed by atoms with Crippen LogP contribution in [0.1, 0.15) is 12.0 Å². The number of rotatable bonds is 6. The predicted molar refractivity (Wildman–Crippen MR) is 86.1 cm³/mol. The molecule has 7 nitrogen and oxygen atoms in total. The van der Waals surface area contributed by atoms with Gasteiger partial charge in [0.15, 0.2) is 0 Å². The molecule has 0 aliphatic carbocycles. The van der Waals surface area contributed by atoms with Crippen molar-refractivity contribution in [2.45, 2.75) is 13.3 Å². The van der Waals surface area contributed by atoms with Crippen molar-refractivity contribution in [1.82, 2.24) is 4.90 Å². The van der Waals surface area contributed by atoms with Gasteiger partial charge in [-0.2, -0.15) is 0 Å². The minimum atomic E-state index is -1.06. The Labute approximate surface area is 133 Å². The Kier molecular flexibility index (Phi) is 5.23. The first-order valence-corrected chi connectivity index (χ1v) is 7.20. The maximum Gasteiger partial charge on any atom is 0.410 e. The molecule has 1 aromatic carbocycles. The molecule has 0 aliphatic heterocycles. The van der Waals surface area contributed by atoms with E-state index >= 15 is 0 Å². The van der Waals surface area contributed by atoms with Crippen molar-refractivity contribution in [3.63, 3.8) is 0 Å². The minimum Gasteiger partial charge on any atom is -0.493 e. The molecule has 0 fully saturated rings. The molecule has 2 aromatic rings. The number of primary amides is 1. The summed E-state index contributed by atoms with van der Waals surface area (Å²) in [5.41, 5.74) is 5.27. The molecule has 23 heavy (non-hydrogen) atoms. The number of ether oxygens (including phenoxy) is 2. The molecule has 1 amide bonds. The second-order valence-corrected chi connectivity index (χ2v) is 5.43. The van der Waals surface area contributed by atoms with Gasteiger partial charge >= 0.3 is 11.7 Å². The van der Waals surface area contributed by atoms with E-state index in [4.69, 9.17) is 14.9 Å². The fraction of sp³-hybridized carbons (Fsp3) is 0.375. The van der Waals surface area contributed by atoms with E-state index in [1.165, 1.54) is 6.07 Å².